The van der Waals surface area contributed by atoms with Gasteiger partial charge in [-0.15, -0.1) is 0 Å². The van der Waals surface area contributed by atoms with Gasteiger partial charge in [0, 0.05) is 10.8 Å². The molecule has 0 aromatic heterocycles. The van der Waals surface area contributed by atoms with E-state index < -0.39 is 22.7 Å². The van der Waals surface area contributed by atoms with E-state index in [0.29, 0.717) is 33.6 Å². The van der Waals surface area contributed by atoms with Gasteiger partial charge in [-0.3, -0.25) is 30.0 Å². The fourth-order valence-corrected chi connectivity index (χ4v) is 3.38. The Balaban J connectivity index is 1.63. The van der Waals surface area contributed by atoms with Crippen molar-refractivity contribution in [1.29, 1.82) is 0 Å². The van der Waals surface area contributed by atoms with E-state index in [9.17, 15) is 19.2 Å². The van der Waals surface area contributed by atoms with Crippen LogP contribution in [0.2, 0.25) is 0 Å². The highest BCUT2D eigenvalue weighted by Gasteiger charge is 2.10. The minimum absolute atomic E-state index is 0.0606. The lowest BCUT2D eigenvalue weighted by Gasteiger charge is -2.06. The third-order valence-corrected chi connectivity index (χ3v) is 5.14. The molecule has 4 rings (SSSR count). The monoisotopic (exact) mass is 514 g/mol. The Labute approximate surface area is 214 Å². The Morgan fingerprint density at radius 2 is 1.00 bits per heavy atom. The Morgan fingerprint density at radius 3 is 1.34 bits per heavy atom. The van der Waals surface area contributed by atoms with Gasteiger partial charge in [-0.25, -0.2) is 0 Å². The molecule has 0 radical (unpaired) electrons. The van der Waals surface area contributed by atoms with E-state index in [-0.39, 0.29) is 23.9 Å². The first-order valence-corrected chi connectivity index (χ1v) is 11.2. The number of anilines is 2. The second-order valence-corrected chi connectivity index (χ2v) is 7.91. The van der Waals surface area contributed by atoms with Gasteiger partial charge in [-0.1, -0.05) is 24.3 Å². The highest BCUT2D eigenvalue weighted by Crippen LogP contribution is 2.16. The summed E-state index contributed by atoms with van der Waals surface area (Å²) < 4.78 is 10.4. The lowest BCUT2D eigenvalue weighted by atomic mass is 10.1. The van der Waals surface area contributed by atoms with E-state index >= 15 is 0 Å². The van der Waals surface area contributed by atoms with Crippen molar-refractivity contribution in [2.45, 2.75) is 0 Å². The van der Waals surface area contributed by atoms with Gasteiger partial charge in [0.25, 0.3) is 22.7 Å². The largest absolute Gasteiger partial charge is 0.484 e. The standard InChI is InChI=1S/C26H22N6O6/c27-21(33)13-37-17-9-5-15(6-10-17)29-31-23-19-3-1-2-4-20(19)24(26(36)25(23)35)32-30-16-7-11-18(12-8-16)38-14-22(28)34/h1-12,29-30H,13-14H2,(H2,27,33)(H2,28,34). The molecule has 0 saturated carbocycles. The smallest absolute Gasteiger partial charge is 0.256 e. The van der Waals surface area contributed by atoms with Gasteiger partial charge in [0.15, 0.2) is 13.2 Å². The zero-order valence-electron chi connectivity index (χ0n) is 19.8. The Kier molecular flexibility index (Phi) is 7.72. The number of primary amides is 2. The summed E-state index contributed by atoms with van der Waals surface area (Å²) in [5.74, 6) is -0.337. The van der Waals surface area contributed by atoms with E-state index in [4.69, 9.17) is 20.9 Å². The number of hydrogen-bond donors (Lipinski definition) is 4. The van der Waals surface area contributed by atoms with Crippen LogP contribution in [0.25, 0.3) is 10.8 Å². The fraction of sp³-hybridized carbons (Fsp3) is 0.0769. The van der Waals surface area contributed by atoms with Crippen molar-refractivity contribution in [2.75, 3.05) is 24.1 Å². The number of hydrogen-bond acceptors (Lipinski definition) is 10. The van der Waals surface area contributed by atoms with Gasteiger partial charge in [0.1, 0.15) is 22.2 Å². The predicted octanol–water partition coefficient (Wildman–Crippen LogP) is 0.0196. The van der Waals surface area contributed by atoms with Gasteiger partial charge < -0.3 is 20.9 Å². The lowest BCUT2D eigenvalue weighted by molar-refractivity contribution is -0.120. The molecule has 4 aromatic rings. The molecule has 0 unspecified atom stereocenters. The van der Waals surface area contributed by atoms with Crippen molar-refractivity contribution in [2.24, 2.45) is 21.7 Å². The summed E-state index contributed by atoms with van der Waals surface area (Å²) in [6.07, 6.45) is 0. The molecule has 0 atom stereocenters. The molecule has 0 heterocycles. The van der Waals surface area contributed by atoms with Crippen LogP contribution in [0, 0.1) is 0 Å². The molecule has 0 saturated heterocycles. The maximum atomic E-state index is 13.0. The normalized spacial score (nSPS) is 11.8. The minimum atomic E-state index is -0.826. The number of carbonyl (C=O) groups is 2. The SMILES string of the molecule is NC(=O)COc1ccc(NN=c2c(=O)c(=O)c(=NNc3ccc(OCC(N)=O)cc3)c3ccccc23)cc1. The predicted molar refractivity (Wildman–Crippen MR) is 139 cm³/mol. The Morgan fingerprint density at radius 1 is 0.632 bits per heavy atom. The highest BCUT2D eigenvalue weighted by atomic mass is 16.5. The van der Waals surface area contributed by atoms with Crippen molar-refractivity contribution in [3.63, 3.8) is 0 Å². The maximum absolute atomic E-state index is 13.0. The summed E-state index contributed by atoms with van der Waals surface area (Å²) in [5.41, 5.74) is 15.0. The highest BCUT2D eigenvalue weighted by molar-refractivity contribution is 5.81. The molecule has 0 aliphatic carbocycles. The number of benzene rings is 4. The second-order valence-electron chi connectivity index (χ2n) is 7.91. The average Bonchev–Trinajstić information content (AvgIpc) is 2.92. The van der Waals surface area contributed by atoms with Crippen molar-refractivity contribution >= 4 is 34.0 Å². The third kappa shape index (κ3) is 6.18. The van der Waals surface area contributed by atoms with Crippen LogP contribution in [0.1, 0.15) is 0 Å². The number of carbonyl (C=O) groups excluding carboxylic acids is 2. The van der Waals surface area contributed by atoms with Crippen LogP contribution in [0.15, 0.2) is 92.6 Å². The minimum Gasteiger partial charge on any atom is -0.484 e. The summed E-state index contributed by atoms with van der Waals surface area (Å²) in [6.45, 7) is -0.504. The van der Waals surface area contributed by atoms with Crippen LogP contribution in [0.3, 0.4) is 0 Å². The number of amides is 2. The van der Waals surface area contributed by atoms with E-state index in [1.54, 1.807) is 72.8 Å². The van der Waals surface area contributed by atoms with Gasteiger partial charge in [0.2, 0.25) is 0 Å². The number of fused-ring (bicyclic) bond motifs is 1. The van der Waals surface area contributed by atoms with Crippen LogP contribution >= 0.6 is 0 Å². The summed E-state index contributed by atoms with van der Waals surface area (Å²) >= 11 is 0. The average molecular weight is 514 g/mol. The third-order valence-electron chi connectivity index (χ3n) is 5.14. The number of nitrogens with zero attached hydrogens (tertiary/aromatic N) is 2. The summed E-state index contributed by atoms with van der Waals surface area (Å²) in [7, 11) is 0. The zero-order chi connectivity index (χ0) is 27.1. The molecule has 4 aromatic carbocycles. The second kappa shape index (κ2) is 11.5. The molecule has 0 aliphatic rings. The fourth-order valence-electron chi connectivity index (χ4n) is 3.38. The van der Waals surface area contributed by atoms with Crippen molar-refractivity contribution in [1.82, 2.24) is 0 Å². The van der Waals surface area contributed by atoms with Gasteiger partial charge >= 0.3 is 0 Å². The van der Waals surface area contributed by atoms with E-state index in [0.717, 1.165) is 0 Å². The molecule has 12 nitrogen and oxygen atoms in total. The first-order valence-electron chi connectivity index (χ1n) is 11.2. The molecule has 0 aliphatic heterocycles. The molecular weight excluding hydrogens is 492 g/mol. The number of nitrogens with one attached hydrogen (secondary N) is 2. The zero-order valence-corrected chi connectivity index (χ0v) is 19.8. The van der Waals surface area contributed by atoms with Crippen LogP contribution in [0.4, 0.5) is 11.4 Å². The van der Waals surface area contributed by atoms with Crippen LogP contribution in [-0.4, -0.2) is 25.0 Å². The molecule has 0 fully saturated rings. The van der Waals surface area contributed by atoms with Gasteiger partial charge in [-0.2, -0.15) is 10.2 Å². The molecule has 0 bridgehead atoms. The van der Waals surface area contributed by atoms with Crippen LogP contribution in [0.5, 0.6) is 11.5 Å². The van der Waals surface area contributed by atoms with Crippen LogP contribution < -0.4 is 53.4 Å². The van der Waals surface area contributed by atoms with Gasteiger partial charge in [0.05, 0.1) is 11.4 Å². The van der Waals surface area contributed by atoms with Crippen molar-refractivity contribution in [3.8, 4) is 11.5 Å². The molecule has 6 N–H and O–H groups in total. The number of nitrogens with two attached hydrogens (primary N) is 2. The molecular formula is C26H22N6O6. The molecule has 0 spiro atoms. The lowest BCUT2D eigenvalue weighted by Crippen LogP contribution is -2.48. The van der Waals surface area contributed by atoms with E-state index in [2.05, 4.69) is 21.1 Å². The van der Waals surface area contributed by atoms with E-state index in [1.807, 2.05) is 0 Å². The molecule has 12 heteroatoms. The first-order chi connectivity index (χ1) is 18.3. The Bertz CT molecular complexity index is 1580. The molecule has 192 valence electrons. The molecule has 2 amide bonds. The quantitative estimate of drug-likeness (QED) is 0.168. The summed E-state index contributed by atoms with van der Waals surface area (Å²) in [4.78, 5) is 47.6. The van der Waals surface area contributed by atoms with Crippen LogP contribution in [-0.2, 0) is 9.59 Å². The van der Waals surface area contributed by atoms with Gasteiger partial charge in [-0.05, 0) is 48.5 Å². The topological polar surface area (TPSA) is 188 Å². The number of rotatable bonds is 10. The van der Waals surface area contributed by atoms with Crippen molar-refractivity contribution < 1.29 is 19.1 Å². The first kappa shape index (κ1) is 25.6. The number of ether oxygens (including phenoxy) is 2. The van der Waals surface area contributed by atoms with Crippen molar-refractivity contribution in [3.05, 3.63) is 104 Å². The summed E-state index contributed by atoms with van der Waals surface area (Å²) in [6, 6.07) is 19.7. The van der Waals surface area contributed by atoms with E-state index in [1.165, 1.54) is 0 Å². The Hall–Kier alpha value is -5.52. The maximum Gasteiger partial charge on any atom is 0.256 e. The summed E-state index contributed by atoms with van der Waals surface area (Å²) in [5, 5.41) is 9.11. The molecule has 38 heavy (non-hydrogen) atoms.